The molecule has 0 aliphatic carbocycles. The maximum Gasteiger partial charge on any atom is 0.332 e. The molecule has 0 fully saturated rings. The highest BCUT2D eigenvalue weighted by Crippen LogP contribution is 2.23. The summed E-state index contributed by atoms with van der Waals surface area (Å²) >= 11 is 3.42. The average Bonchev–Trinajstić information content (AvgIpc) is 2.99. The molecular weight excluding hydrogens is 416 g/mol. The predicted octanol–water partition coefficient (Wildman–Crippen LogP) is 1.60. The standard InChI is InChI=1S/C17H19BrN6O3/c1-10(9-27-12-8-6-5-7-11(12)18)20-21-16-19-14-13(22(16)2)15(25)24(4)17(26)23(14)3/h5-8H,9H2,1-4H3,(H,19,21)/b20-10+. The lowest BCUT2D eigenvalue weighted by Crippen LogP contribution is -2.37. The number of fused-ring (bicyclic) bond motifs is 1. The van der Waals surface area contributed by atoms with Crippen LogP contribution in [-0.2, 0) is 21.1 Å². The second kappa shape index (κ2) is 7.39. The lowest BCUT2D eigenvalue weighted by Gasteiger charge is -2.08. The predicted molar refractivity (Wildman–Crippen MR) is 108 cm³/mol. The van der Waals surface area contributed by atoms with Gasteiger partial charge in [0.25, 0.3) is 5.56 Å². The van der Waals surface area contributed by atoms with Gasteiger partial charge in [-0.15, -0.1) is 0 Å². The molecule has 142 valence electrons. The Balaban J connectivity index is 1.83. The Morgan fingerprint density at radius 3 is 2.59 bits per heavy atom. The maximum atomic E-state index is 12.4. The molecule has 3 aromatic rings. The third-order valence-corrected chi connectivity index (χ3v) is 4.75. The zero-order valence-electron chi connectivity index (χ0n) is 15.4. The molecule has 0 radical (unpaired) electrons. The number of hydrogen-bond acceptors (Lipinski definition) is 6. The summed E-state index contributed by atoms with van der Waals surface area (Å²) in [5.41, 5.74) is 3.29. The second-order valence-electron chi connectivity index (χ2n) is 6.05. The fourth-order valence-electron chi connectivity index (χ4n) is 2.54. The Kier molecular flexibility index (Phi) is 5.17. The number of ether oxygens (including phenoxy) is 1. The summed E-state index contributed by atoms with van der Waals surface area (Å²) in [5, 5.41) is 4.25. The van der Waals surface area contributed by atoms with E-state index < -0.39 is 11.2 Å². The first-order chi connectivity index (χ1) is 12.8. The third kappa shape index (κ3) is 3.52. The van der Waals surface area contributed by atoms with Crippen molar-refractivity contribution in [3.8, 4) is 5.75 Å². The van der Waals surface area contributed by atoms with Crippen LogP contribution in [0.15, 0.2) is 43.4 Å². The molecule has 10 heteroatoms. The Labute approximate surface area is 163 Å². The number of aromatic nitrogens is 4. The molecule has 0 unspecified atom stereocenters. The van der Waals surface area contributed by atoms with Gasteiger partial charge in [0, 0.05) is 21.1 Å². The monoisotopic (exact) mass is 434 g/mol. The number of anilines is 1. The summed E-state index contributed by atoms with van der Waals surface area (Å²) in [6.45, 7) is 2.08. The first-order valence-corrected chi connectivity index (χ1v) is 8.89. The largest absolute Gasteiger partial charge is 0.486 e. The van der Waals surface area contributed by atoms with Gasteiger partial charge >= 0.3 is 5.69 Å². The van der Waals surface area contributed by atoms with Gasteiger partial charge in [0.1, 0.15) is 12.4 Å². The summed E-state index contributed by atoms with van der Waals surface area (Å²) in [4.78, 5) is 28.7. The molecule has 1 N–H and O–H groups in total. The summed E-state index contributed by atoms with van der Waals surface area (Å²) in [5.74, 6) is 1.07. The first-order valence-electron chi connectivity index (χ1n) is 8.10. The molecule has 2 aromatic heterocycles. The van der Waals surface area contributed by atoms with Crippen molar-refractivity contribution in [2.24, 2.45) is 26.2 Å². The molecule has 1 aromatic carbocycles. The van der Waals surface area contributed by atoms with Crippen LogP contribution in [0.2, 0.25) is 0 Å². The van der Waals surface area contributed by atoms with E-state index in [1.807, 2.05) is 24.3 Å². The normalized spacial score (nSPS) is 11.8. The van der Waals surface area contributed by atoms with Crippen molar-refractivity contribution in [2.75, 3.05) is 12.0 Å². The summed E-state index contributed by atoms with van der Waals surface area (Å²) in [6, 6.07) is 7.54. The molecular formula is C17H19BrN6O3. The van der Waals surface area contributed by atoms with Gasteiger partial charge in [-0.25, -0.2) is 10.2 Å². The molecule has 0 spiro atoms. The number of benzene rings is 1. The number of imidazole rings is 1. The minimum absolute atomic E-state index is 0.278. The maximum absolute atomic E-state index is 12.4. The van der Waals surface area contributed by atoms with Gasteiger partial charge in [0.15, 0.2) is 11.2 Å². The van der Waals surface area contributed by atoms with Gasteiger partial charge in [-0.2, -0.15) is 10.1 Å². The number of halogens is 1. The highest BCUT2D eigenvalue weighted by atomic mass is 79.9. The molecule has 2 heterocycles. The van der Waals surface area contributed by atoms with E-state index in [1.54, 1.807) is 25.6 Å². The van der Waals surface area contributed by atoms with Gasteiger partial charge in [0.2, 0.25) is 5.95 Å². The fraction of sp³-hybridized carbons (Fsp3) is 0.294. The van der Waals surface area contributed by atoms with Crippen molar-refractivity contribution in [2.45, 2.75) is 6.92 Å². The van der Waals surface area contributed by atoms with Crippen molar-refractivity contribution in [3.05, 3.63) is 49.6 Å². The van der Waals surface area contributed by atoms with E-state index in [4.69, 9.17) is 4.74 Å². The summed E-state index contributed by atoms with van der Waals surface area (Å²) < 4.78 is 10.5. The zero-order chi connectivity index (χ0) is 19.7. The van der Waals surface area contributed by atoms with Crippen molar-refractivity contribution in [1.29, 1.82) is 0 Å². The van der Waals surface area contributed by atoms with Crippen LogP contribution in [0.5, 0.6) is 5.75 Å². The quantitative estimate of drug-likeness (QED) is 0.485. The SMILES string of the molecule is C/C(COc1ccccc1Br)=N\Nc1nc2c(c(=O)n(C)c(=O)n2C)n1C. The number of hydrogen-bond donors (Lipinski definition) is 1. The Morgan fingerprint density at radius 2 is 1.89 bits per heavy atom. The molecule has 0 atom stereocenters. The van der Waals surface area contributed by atoms with E-state index in [2.05, 4.69) is 31.4 Å². The first kappa shape index (κ1) is 18.9. The van der Waals surface area contributed by atoms with Crippen LogP contribution < -0.4 is 21.4 Å². The lowest BCUT2D eigenvalue weighted by molar-refractivity contribution is 0.373. The smallest absolute Gasteiger partial charge is 0.332 e. The molecule has 0 aliphatic heterocycles. The highest BCUT2D eigenvalue weighted by molar-refractivity contribution is 9.10. The molecule has 3 rings (SSSR count). The lowest BCUT2D eigenvalue weighted by atomic mass is 10.3. The van der Waals surface area contributed by atoms with Crippen molar-refractivity contribution >= 4 is 38.8 Å². The molecule has 27 heavy (non-hydrogen) atoms. The van der Waals surface area contributed by atoms with Crippen molar-refractivity contribution in [3.63, 3.8) is 0 Å². The molecule has 0 aliphatic rings. The van der Waals surface area contributed by atoms with E-state index in [0.29, 0.717) is 28.6 Å². The molecule has 0 bridgehead atoms. The van der Waals surface area contributed by atoms with Crippen LogP contribution >= 0.6 is 15.9 Å². The number of para-hydroxylation sites is 1. The van der Waals surface area contributed by atoms with Crippen molar-refractivity contribution in [1.82, 2.24) is 18.7 Å². The van der Waals surface area contributed by atoms with Crippen molar-refractivity contribution < 1.29 is 4.74 Å². The minimum atomic E-state index is -0.432. The van der Waals surface area contributed by atoms with E-state index in [-0.39, 0.29) is 6.61 Å². The Morgan fingerprint density at radius 1 is 1.19 bits per heavy atom. The van der Waals surface area contributed by atoms with Gasteiger partial charge in [0.05, 0.1) is 10.2 Å². The molecule has 0 amide bonds. The van der Waals surface area contributed by atoms with Gasteiger partial charge in [-0.05, 0) is 35.0 Å². The number of hydrazone groups is 1. The zero-order valence-corrected chi connectivity index (χ0v) is 16.9. The fourth-order valence-corrected chi connectivity index (χ4v) is 2.94. The average molecular weight is 435 g/mol. The second-order valence-corrected chi connectivity index (χ2v) is 6.90. The number of nitrogens with zero attached hydrogens (tertiary/aromatic N) is 5. The van der Waals surface area contributed by atoms with Gasteiger partial charge in [-0.3, -0.25) is 13.9 Å². The van der Waals surface area contributed by atoms with E-state index >= 15 is 0 Å². The topological polar surface area (TPSA) is 95.4 Å². The van der Waals surface area contributed by atoms with Gasteiger partial charge in [-0.1, -0.05) is 12.1 Å². The van der Waals surface area contributed by atoms with Gasteiger partial charge < -0.3 is 9.30 Å². The minimum Gasteiger partial charge on any atom is -0.486 e. The molecule has 0 saturated carbocycles. The summed E-state index contributed by atoms with van der Waals surface area (Å²) in [7, 11) is 4.69. The van der Waals surface area contributed by atoms with Crippen LogP contribution in [0.4, 0.5) is 5.95 Å². The van der Waals surface area contributed by atoms with Crippen LogP contribution in [-0.4, -0.2) is 31.0 Å². The van der Waals surface area contributed by atoms with Crippen LogP contribution in [0.25, 0.3) is 11.2 Å². The van der Waals surface area contributed by atoms with E-state index in [9.17, 15) is 9.59 Å². The number of nitrogens with one attached hydrogen (secondary N) is 1. The third-order valence-electron chi connectivity index (χ3n) is 4.10. The number of rotatable bonds is 5. The Bertz CT molecular complexity index is 1160. The van der Waals surface area contributed by atoms with Crippen LogP contribution in [0.3, 0.4) is 0 Å². The summed E-state index contributed by atoms with van der Waals surface area (Å²) in [6.07, 6.45) is 0. The molecule has 0 saturated heterocycles. The number of aryl methyl sites for hydroxylation is 2. The van der Waals surface area contributed by atoms with Crippen LogP contribution in [0.1, 0.15) is 6.92 Å². The van der Waals surface area contributed by atoms with Crippen LogP contribution in [0, 0.1) is 0 Å². The van der Waals surface area contributed by atoms with E-state index in [0.717, 1.165) is 9.04 Å². The highest BCUT2D eigenvalue weighted by Gasteiger charge is 2.16. The van der Waals surface area contributed by atoms with E-state index in [1.165, 1.54) is 11.6 Å². The molecule has 9 nitrogen and oxygen atoms in total. The Hall–Kier alpha value is -2.88.